The Morgan fingerprint density at radius 3 is 1.45 bits per heavy atom. The summed E-state index contributed by atoms with van der Waals surface area (Å²) >= 11 is 3.60. The minimum absolute atomic E-state index is 0.0102. The highest BCUT2D eigenvalue weighted by Gasteiger charge is 2.37. The van der Waals surface area contributed by atoms with Crippen LogP contribution in [0.25, 0.3) is 77.3 Å². The predicted molar refractivity (Wildman–Crippen MR) is 216 cm³/mol. The Kier molecular flexibility index (Phi) is 6.45. The van der Waals surface area contributed by atoms with Crippen LogP contribution in [0.3, 0.4) is 0 Å². The Balaban J connectivity index is 0.000000131. The van der Waals surface area contributed by atoms with Gasteiger partial charge in [-0.2, -0.15) is 0 Å². The van der Waals surface area contributed by atoms with Gasteiger partial charge in [-0.15, -0.1) is 0 Å². The van der Waals surface area contributed by atoms with Crippen LogP contribution in [0.1, 0.15) is 49.9 Å². The van der Waals surface area contributed by atoms with Gasteiger partial charge >= 0.3 is 0 Å². The van der Waals surface area contributed by atoms with E-state index >= 15 is 0 Å². The van der Waals surface area contributed by atoms with E-state index in [2.05, 4.69) is 171 Å². The number of hydrogen-bond donors (Lipinski definition) is 0. The summed E-state index contributed by atoms with van der Waals surface area (Å²) in [7, 11) is 0. The Labute approximate surface area is 305 Å². The van der Waals surface area contributed by atoms with E-state index in [-0.39, 0.29) is 10.8 Å². The van der Waals surface area contributed by atoms with Gasteiger partial charge in [0.15, 0.2) is 0 Å². The Bertz CT molecular complexity index is 2870. The van der Waals surface area contributed by atoms with E-state index in [4.69, 9.17) is 8.83 Å². The lowest BCUT2D eigenvalue weighted by atomic mass is 9.82. The maximum Gasteiger partial charge on any atom is 0.149 e. The molecule has 0 saturated carbocycles. The van der Waals surface area contributed by atoms with Gasteiger partial charge in [0.25, 0.3) is 0 Å². The topological polar surface area (TPSA) is 26.3 Å². The molecule has 0 bridgehead atoms. The summed E-state index contributed by atoms with van der Waals surface area (Å²) < 4.78 is 13.6. The van der Waals surface area contributed by atoms with Crippen molar-refractivity contribution in [2.24, 2.45) is 0 Å². The fourth-order valence-corrected chi connectivity index (χ4v) is 9.24. The molecule has 7 aromatic carbocycles. The molecule has 0 atom stereocenters. The monoisotopic (exact) mass is 722 g/mol. The van der Waals surface area contributed by atoms with Crippen LogP contribution in [0.2, 0.25) is 0 Å². The standard InChI is InChI=1S/C27H20O.C21H15BrO/c1-27(2)23-14-7-6-11-19(23)21-15-22-20-13-8-12-18(17-9-4-3-5-10-17)26(20)28-25(22)16-24(21)27;1-21(2)16-8-4-3-6-12(16)14-10-15-13-7-5-9-18(22)20(13)23-19(15)11-17(14)21/h3-16H,1-2H3;3-11H,1-2H3. The van der Waals surface area contributed by atoms with Crippen molar-refractivity contribution in [1.82, 2.24) is 0 Å². The first-order valence-corrected chi connectivity index (χ1v) is 18.4. The summed E-state index contributed by atoms with van der Waals surface area (Å²) in [6.45, 7) is 9.20. The summed E-state index contributed by atoms with van der Waals surface area (Å²) in [4.78, 5) is 0. The highest BCUT2D eigenvalue weighted by Crippen LogP contribution is 2.52. The van der Waals surface area contributed by atoms with Crippen molar-refractivity contribution in [3.8, 4) is 33.4 Å². The van der Waals surface area contributed by atoms with Crippen LogP contribution < -0.4 is 0 Å². The SMILES string of the molecule is CC1(C)c2ccccc2-c2cc3c(cc21)oc1c(-c2ccccc2)cccc13.CC1(C)c2ccccc2-c2cc3c(cc21)oc1c(Br)cccc13. The van der Waals surface area contributed by atoms with Crippen LogP contribution in [0, 0.1) is 0 Å². The van der Waals surface area contributed by atoms with E-state index in [0.29, 0.717) is 0 Å². The summed E-state index contributed by atoms with van der Waals surface area (Å²) in [5, 5.41) is 4.73. The van der Waals surface area contributed by atoms with Crippen LogP contribution in [0.4, 0.5) is 0 Å². The van der Waals surface area contributed by atoms with Gasteiger partial charge in [-0.05, 0) is 96.3 Å². The second-order valence-corrected chi connectivity index (χ2v) is 15.9. The van der Waals surface area contributed by atoms with Crippen molar-refractivity contribution in [1.29, 1.82) is 0 Å². The molecule has 11 rings (SSSR count). The molecule has 0 unspecified atom stereocenters. The first kappa shape index (κ1) is 30.4. The molecule has 0 N–H and O–H groups in total. The van der Waals surface area contributed by atoms with Gasteiger partial charge in [-0.25, -0.2) is 0 Å². The van der Waals surface area contributed by atoms with E-state index in [1.165, 1.54) is 71.6 Å². The van der Waals surface area contributed by atoms with Crippen molar-refractivity contribution < 1.29 is 8.83 Å². The van der Waals surface area contributed by atoms with Crippen LogP contribution in [0.15, 0.2) is 153 Å². The van der Waals surface area contributed by atoms with Gasteiger partial charge in [0.1, 0.15) is 22.3 Å². The van der Waals surface area contributed by atoms with E-state index in [9.17, 15) is 0 Å². The van der Waals surface area contributed by atoms with E-state index in [1.807, 2.05) is 12.1 Å². The number of rotatable bonds is 1. The predicted octanol–water partition coefficient (Wildman–Crippen LogP) is 14.2. The van der Waals surface area contributed by atoms with Crippen LogP contribution in [-0.4, -0.2) is 0 Å². The van der Waals surface area contributed by atoms with Gasteiger partial charge in [0.05, 0.1) is 4.47 Å². The van der Waals surface area contributed by atoms with Crippen molar-refractivity contribution in [2.45, 2.75) is 38.5 Å². The highest BCUT2D eigenvalue weighted by atomic mass is 79.9. The van der Waals surface area contributed by atoms with Crippen molar-refractivity contribution in [3.63, 3.8) is 0 Å². The second-order valence-electron chi connectivity index (χ2n) is 15.0. The number of fused-ring (bicyclic) bond motifs is 12. The average Bonchev–Trinajstić information content (AvgIpc) is 3.84. The first-order valence-electron chi connectivity index (χ1n) is 17.6. The molecular formula is C48H35BrO2. The fraction of sp³-hybridized carbons (Fsp3) is 0.125. The van der Waals surface area contributed by atoms with Gasteiger partial charge < -0.3 is 8.83 Å². The third-order valence-corrected chi connectivity index (χ3v) is 12.1. The molecule has 0 spiro atoms. The number of benzene rings is 7. The molecule has 0 amide bonds. The molecule has 0 radical (unpaired) electrons. The maximum atomic E-state index is 6.46. The van der Waals surface area contributed by atoms with E-state index in [1.54, 1.807) is 0 Å². The molecule has 2 heterocycles. The third-order valence-electron chi connectivity index (χ3n) is 11.4. The molecule has 246 valence electrons. The third kappa shape index (κ3) is 4.34. The molecule has 3 heteroatoms. The number of para-hydroxylation sites is 2. The van der Waals surface area contributed by atoms with E-state index in [0.717, 1.165) is 32.4 Å². The minimum Gasteiger partial charge on any atom is -0.455 e. The molecule has 0 saturated heterocycles. The van der Waals surface area contributed by atoms with Gasteiger partial charge in [-0.3, -0.25) is 0 Å². The molecule has 2 aliphatic rings. The maximum absolute atomic E-state index is 6.46. The number of furan rings is 2. The summed E-state index contributed by atoms with van der Waals surface area (Å²) in [5.41, 5.74) is 17.0. The lowest BCUT2D eigenvalue weighted by Crippen LogP contribution is -2.14. The average molecular weight is 724 g/mol. The van der Waals surface area contributed by atoms with Crippen molar-refractivity contribution in [3.05, 3.63) is 166 Å². The second kappa shape index (κ2) is 10.8. The summed E-state index contributed by atoms with van der Waals surface area (Å²) in [6, 6.07) is 49.8. The van der Waals surface area contributed by atoms with Gasteiger partial charge in [0.2, 0.25) is 0 Å². The molecular weight excluding hydrogens is 688 g/mol. The molecule has 2 aliphatic carbocycles. The summed E-state index contributed by atoms with van der Waals surface area (Å²) in [5.74, 6) is 0. The molecule has 9 aromatic rings. The minimum atomic E-state index is -0.0125. The zero-order valence-electron chi connectivity index (χ0n) is 29.0. The van der Waals surface area contributed by atoms with Crippen molar-refractivity contribution in [2.75, 3.05) is 0 Å². The van der Waals surface area contributed by atoms with Crippen molar-refractivity contribution >= 4 is 59.8 Å². The largest absolute Gasteiger partial charge is 0.455 e. The zero-order valence-corrected chi connectivity index (χ0v) is 30.6. The molecule has 0 fully saturated rings. The van der Waals surface area contributed by atoms with Gasteiger partial charge in [0, 0.05) is 37.9 Å². The summed E-state index contributed by atoms with van der Waals surface area (Å²) in [6.07, 6.45) is 0. The first-order chi connectivity index (χ1) is 24.7. The lowest BCUT2D eigenvalue weighted by molar-refractivity contribution is 0.646. The van der Waals surface area contributed by atoms with Crippen LogP contribution >= 0.6 is 15.9 Å². The van der Waals surface area contributed by atoms with E-state index < -0.39 is 0 Å². The Morgan fingerprint density at radius 1 is 0.392 bits per heavy atom. The molecule has 2 aromatic heterocycles. The highest BCUT2D eigenvalue weighted by molar-refractivity contribution is 9.10. The lowest BCUT2D eigenvalue weighted by Gasteiger charge is -2.21. The quantitative estimate of drug-likeness (QED) is 0.169. The molecule has 0 aliphatic heterocycles. The number of halogens is 1. The Morgan fingerprint density at radius 2 is 0.863 bits per heavy atom. The molecule has 2 nitrogen and oxygen atoms in total. The smallest absolute Gasteiger partial charge is 0.149 e. The normalized spacial score (nSPS) is 14.7. The van der Waals surface area contributed by atoms with Crippen LogP contribution in [-0.2, 0) is 10.8 Å². The Hall–Kier alpha value is -5.38. The fourth-order valence-electron chi connectivity index (χ4n) is 8.79. The van der Waals surface area contributed by atoms with Gasteiger partial charge in [-0.1, -0.05) is 137 Å². The zero-order chi connectivity index (χ0) is 34.6. The van der Waals surface area contributed by atoms with Crippen LogP contribution in [0.5, 0.6) is 0 Å². The molecule has 51 heavy (non-hydrogen) atoms. The number of hydrogen-bond acceptors (Lipinski definition) is 2.